The van der Waals surface area contributed by atoms with E-state index < -0.39 is 0 Å². The van der Waals surface area contributed by atoms with E-state index in [4.69, 9.17) is 0 Å². The highest BCUT2D eigenvalue weighted by molar-refractivity contribution is 5.46. The van der Waals surface area contributed by atoms with E-state index in [-0.39, 0.29) is 0 Å². The Morgan fingerprint density at radius 2 is 2.31 bits per heavy atom. The number of hydrogen-bond acceptors (Lipinski definition) is 5. The lowest BCUT2D eigenvalue weighted by molar-refractivity contribution is 0.479. The maximum atomic E-state index is 4.23. The van der Waals surface area contributed by atoms with Gasteiger partial charge in [-0.25, -0.2) is 9.97 Å². The largest absolute Gasteiger partial charge is 0.370 e. The zero-order valence-electron chi connectivity index (χ0n) is 9.66. The van der Waals surface area contributed by atoms with Crippen LogP contribution in [0.4, 0.5) is 11.6 Å². The lowest BCUT2D eigenvalue weighted by Gasteiger charge is -2.24. The van der Waals surface area contributed by atoms with Crippen LogP contribution in [0.15, 0.2) is 12.4 Å². The van der Waals surface area contributed by atoms with Crippen LogP contribution >= 0.6 is 0 Å². The molecule has 1 aromatic heterocycles. The first-order valence-electron chi connectivity index (χ1n) is 5.91. The second kappa shape index (κ2) is 5.65. The third-order valence-corrected chi connectivity index (χ3v) is 2.67. The summed E-state index contributed by atoms with van der Waals surface area (Å²) in [5, 5.41) is 9.98. The molecule has 0 aliphatic carbocycles. The summed E-state index contributed by atoms with van der Waals surface area (Å²) < 4.78 is 0. The molecule has 1 saturated heterocycles. The summed E-state index contributed by atoms with van der Waals surface area (Å²) in [6.45, 7) is 5.08. The van der Waals surface area contributed by atoms with Crippen molar-refractivity contribution in [3.8, 4) is 0 Å². The fourth-order valence-electron chi connectivity index (χ4n) is 1.90. The Hall–Kier alpha value is -1.36. The van der Waals surface area contributed by atoms with Gasteiger partial charge in [-0.15, -0.1) is 0 Å². The molecule has 0 saturated carbocycles. The van der Waals surface area contributed by atoms with Crippen LogP contribution in [0.25, 0.3) is 0 Å². The third kappa shape index (κ3) is 3.06. The van der Waals surface area contributed by atoms with Gasteiger partial charge in [0.2, 0.25) is 0 Å². The molecule has 2 heterocycles. The standard InChI is InChI=1S/C11H19N5/c1-2-13-10-6-11(15-8-14-10)16-9-4-3-5-12-7-9/h6,8-9,12H,2-5,7H2,1H3,(H2,13,14,15,16). The monoisotopic (exact) mass is 221 g/mol. The first kappa shape index (κ1) is 11.1. The summed E-state index contributed by atoms with van der Waals surface area (Å²) in [5.74, 6) is 1.78. The summed E-state index contributed by atoms with van der Waals surface area (Å²) in [4.78, 5) is 8.37. The van der Waals surface area contributed by atoms with Crippen LogP contribution in [0.3, 0.4) is 0 Å². The summed E-state index contributed by atoms with van der Waals surface area (Å²) in [6.07, 6.45) is 4.02. The molecule has 5 nitrogen and oxygen atoms in total. The van der Waals surface area contributed by atoms with Crippen molar-refractivity contribution in [3.05, 3.63) is 12.4 Å². The number of aromatic nitrogens is 2. The maximum Gasteiger partial charge on any atom is 0.131 e. The molecule has 0 aromatic carbocycles. The van der Waals surface area contributed by atoms with Crippen molar-refractivity contribution >= 4 is 11.6 Å². The molecule has 88 valence electrons. The van der Waals surface area contributed by atoms with E-state index in [1.165, 1.54) is 12.8 Å². The molecule has 1 unspecified atom stereocenters. The molecule has 3 N–H and O–H groups in total. The van der Waals surface area contributed by atoms with Gasteiger partial charge in [0.05, 0.1) is 0 Å². The molecule has 0 radical (unpaired) electrons. The molecular weight excluding hydrogens is 202 g/mol. The maximum absolute atomic E-state index is 4.23. The Bertz CT molecular complexity index is 322. The first-order chi connectivity index (χ1) is 7.88. The molecule has 1 aliphatic rings. The minimum Gasteiger partial charge on any atom is -0.370 e. The van der Waals surface area contributed by atoms with E-state index in [0.29, 0.717) is 6.04 Å². The molecule has 2 rings (SSSR count). The lowest BCUT2D eigenvalue weighted by Crippen LogP contribution is -2.38. The Kier molecular flexibility index (Phi) is 3.93. The van der Waals surface area contributed by atoms with Crippen LogP contribution in [0.2, 0.25) is 0 Å². The van der Waals surface area contributed by atoms with Gasteiger partial charge < -0.3 is 16.0 Å². The summed E-state index contributed by atoms with van der Waals surface area (Å²) in [5.41, 5.74) is 0. The van der Waals surface area contributed by atoms with Gasteiger partial charge in [-0.3, -0.25) is 0 Å². The Morgan fingerprint density at radius 1 is 1.44 bits per heavy atom. The van der Waals surface area contributed by atoms with Gasteiger partial charge in [0, 0.05) is 25.2 Å². The normalized spacial score (nSPS) is 20.4. The third-order valence-electron chi connectivity index (χ3n) is 2.67. The topological polar surface area (TPSA) is 61.9 Å². The van der Waals surface area contributed by atoms with Crippen molar-refractivity contribution in [1.29, 1.82) is 0 Å². The molecule has 0 spiro atoms. The van der Waals surface area contributed by atoms with Crippen LogP contribution in [-0.2, 0) is 0 Å². The summed E-state index contributed by atoms with van der Waals surface area (Å²) >= 11 is 0. The molecule has 0 bridgehead atoms. The van der Waals surface area contributed by atoms with Crippen molar-refractivity contribution < 1.29 is 0 Å². The van der Waals surface area contributed by atoms with Gasteiger partial charge in [0.25, 0.3) is 0 Å². The number of piperidine rings is 1. The molecule has 1 atom stereocenters. The average molecular weight is 221 g/mol. The van der Waals surface area contributed by atoms with Gasteiger partial charge in [-0.2, -0.15) is 0 Å². The van der Waals surface area contributed by atoms with Crippen molar-refractivity contribution in [2.45, 2.75) is 25.8 Å². The fourth-order valence-corrected chi connectivity index (χ4v) is 1.90. The highest BCUT2D eigenvalue weighted by atomic mass is 15.1. The van der Waals surface area contributed by atoms with Crippen molar-refractivity contribution in [2.24, 2.45) is 0 Å². The Morgan fingerprint density at radius 3 is 3.06 bits per heavy atom. The molecular formula is C11H19N5. The van der Waals surface area contributed by atoms with Gasteiger partial charge in [-0.1, -0.05) is 0 Å². The van der Waals surface area contributed by atoms with Crippen molar-refractivity contribution in [1.82, 2.24) is 15.3 Å². The molecule has 16 heavy (non-hydrogen) atoms. The fraction of sp³-hybridized carbons (Fsp3) is 0.636. The predicted molar refractivity (Wildman–Crippen MR) is 65.7 cm³/mol. The smallest absolute Gasteiger partial charge is 0.131 e. The molecule has 1 fully saturated rings. The quantitative estimate of drug-likeness (QED) is 0.710. The molecule has 0 amide bonds. The van der Waals surface area contributed by atoms with Crippen LogP contribution < -0.4 is 16.0 Å². The van der Waals surface area contributed by atoms with E-state index >= 15 is 0 Å². The van der Waals surface area contributed by atoms with Crippen LogP contribution in [-0.4, -0.2) is 35.6 Å². The van der Waals surface area contributed by atoms with E-state index in [2.05, 4.69) is 32.8 Å². The van der Waals surface area contributed by atoms with E-state index in [9.17, 15) is 0 Å². The van der Waals surface area contributed by atoms with Gasteiger partial charge >= 0.3 is 0 Å². The van der Waals surface area contributed by atoms with Crippen molar-refractivity contribution in [2.75, 3.05) is 30.3 Å². The average Bonchev–Trinajstić information content (AvgIpc) is 2.31. The number of hydrogen-bond donors (Lipinski definition) is 3. The Labute approximate surface area is 96.1 Å². The van der Waals surface area contributed by atoms with Crippen molar-refractivity contribution in [3.63, 3.8) is 0 Å². The number of nitrogens with zero attached hydrogens (tertiary/aromatic N) is 2. The zero-order valence-corrected chi connectivity index (χ0v) is 9.66. The Balaban J connectivity index is 1.94. The molecule has 1 aromatic rings. The van der Waals surface area contributed by atoms with Gasteiger partial charge in [-0.05, 0) is 26.3 Å². The van der Waals surface area contributed by atoms with Crippen LogP contribution in [0.1, 0.15) is 19.8 Å². The number of anilines is 2. The first-order valence-corrected chi connectivity index (χ1v) is 5.91. The highest BCUT2D eigenvalue weighted by Gasteiger charge is 2.12. The number of rotatable bonds is 4. The van der Waals surface area contributed by atoms with Gasteiger partial charge in [0.1, 0.15) is 18.0 Å². The van der Waals surface area contributed by atoms with Crippen LogP contribution in [0, 0.1) is 0 Å². The van der Waals surface area contributed by atoms with Gasteiger partial charge in [0.15, 0.2) is 0 Å². The number of nitrogens with one attached hydrogen (secondary N) is 3. The minimum atomic E-state index is 0.484. The predicted octanol–water partition coefficient (Wildman–Crippen LogP) is 1.07. The summed E-state index contributed by atoms with van der Waals surface area (Å²) in [6, 6.07) is 2.44. The highest BCUT2D eigenvalue weighted by Crippen LogP contribution is 2.12. The second-order valence-corrected chi connectivity index (χ2v) is 4.01. The van der Waals surface area contributed by atoms with E-state index in [0.717, 1.165) is 31.3 Å². The molecule has 1 aliphatic heterocycles. The lowest BCUT2D eigenvalue weighted by atomic mass is 10.1. The minimum absolute atomic E-state index is 0.484. The zero-order chi connectivity index (χ0) is 11.2. The van der Waals surface area contributed by atoms with E-state index in [1.54, 1.807) is 6.33 Å². The second-order valence-electron chi connectivity index (χ2n) is 4.01. The van der Waals surface area contributed by atoms with E-state index in [1.807, 2.05) is 6.07 Å². The van der Waals surface area contributed by atoms with Crippen LogP contribution in [0.5, 0.6) is 0 Å². The molecule has 5 heteroatoms. The summed E-state index contributed by atoms with van der Waals surface area (Å²) in [7, 11) is 0. The SMILES string of the molecule is CCNc1cc(NC2CCCNC2)ncn1.